The predicted octanol–water partition coefficient (Wildman–Crippen LogP) is 8.03. The van der Waals surface area contributed by atoms with Crippen molar-refractivity contribution >= 4 is 16.6 Å². The van der Waals surface area contributed by atoms with Gasteiger partial charge in [0.2, 0.25) is 0 Å². The third-order valence-electron chi connectivity index (χ3n) is 9.76. The molecule has 0 aliphatic heterocycles. The van der Waals surface area contributed by atoms with Gasteiger partial charge < -0.3 is 8.85 Å². The summed E-state index contributed by atoms with van der Waals surface area (Å²) in [5, 5.41) is 0. The second kappa shape index (κ2) is 8.10. The Hall–Kier alpha value is 0.0938. The first-order valence-corrected chi connectivity index (χ1v) is 20.1. The van der Waals surface area contributed by atoms with Gasteiger partial charge in [0.25, 0.3) is 0 Å². The number of allylic oxidation sites excluding steroid dienone is 1. The van der Waals surface area contributed by atoms with Crippen LogP contribution in [-0.2, 0) is 8.85 Å². The Bertz CT molecular complexity index is 705. The summed E-state index contributed by atoms with van der Waals surface area (Å²) >= 11 is 0. The predicted molar refractivity (Wildman–Crippen MR) is 137 cm³/mol. The molecule has 0 aromatic rings. The Kier molecular flexibility index (Phi) is 6.33. The molecule has 4 heteroatoms. The van der Waals surface area contributed by atoms with E-state index in [2.05, 4.69) is 66.1 Å². The molecule has 0 aromatic heterocycles. The second-order valence-electron chi connectivity index (χ2n) is 14.0. The van der Waals surface area contributed by atoms with Gasteiger partial charge in [-0.25, -0.2) is 0 Å². The standard InChI is InChI=1S/C27H50O2Si2/c1-19(28-30(4,5)6)23-12-13-24-22-11-10-20-18-21(29-31(7,8)9)14-16-26(20,2)25(22)15-17-27(23,24)3/h10,19,21-25H,11-18H2,1-9H3/t19?,21-,22+,23-,24+,25+,26+,27-/m1/s1. The van der Waals surface area contributed by atoms with Crippen LogP contribution in [0, 0.1) is 34.5 Å². The summed E-state index contributed by atoms with van der Waals surface area (Å²) in [6.07, 6.45) is 14.4. The van der Waals surface area contributed by atoms with E-state index in [-0.39, 0.29) is 0 Å². The first-order chi connectivity index (χ1) is 14.2. The molecule has 3 fully saturated rings. The highest BCUT2D eigenvalue weighted by atomic mass is 28.4. The van der Waals surface area contributed by atoms with Crippen LogP contribution in [0.15, 0.2) is 11.6 Å². The van der Waals surface area contributed by atoms with E-state index < -0.39 is 16.6 Å². The molecule has 1 unspecified atom stereocenters. The van der Waals surface area contributed by atoms with Crippen molar-refractivity contribution in [3.8, 4) is 0 Å². The lowest BCUT2D eigenvalue weighted by Gasteiger charge is -2.58. The Labute approximate surface area is 195 Å². The van der Waals surface area contributed by atoms with Crippen LogP contribution in [-0.4, -0.2) is 28.8 Å². The zero-order valence-electron chi connectivity index (χ0n) is 22.0. The largest absolute Gasteiger partial charge is 0.415 e. The summed E-state index contributed by atoms with van der Waals surface area (Å²) in [6.45, 7) is 21.8. The Morgan fingerprint density at radius 3 is 2.26 bits per heavy atom. The smallest absolute Gasteiger partial charge is 0.184 e. The summed E-state index contributed by atoms with van der Waals surface area (Å²) in [7, 11) is -2.95. The molecule has 4 aliphatic rings. The Morgan fingerprint density at radius 2 is 1.61 bits per heavy atom. The zero-order chi connectivity index (χ0) is 22.8. The fourth-order valence-corrected chi connectivity index (χ4v) is 11.2. The van der Waals surface area contributed by atoms with Gasteiger partial charge in [0.1, 0.15) is 0 Å². The quantitative estimate of drug-likeness (QED) is 0.304. The molecule has 0 bridgehead atoms. The lowest BCUT2D eigenvalue weighted by Crippen LogP contribution is -2.52. The van der Waals surface area contributed by atoms with Gasteiger partial charge in [-0.3, -0.25) is 0 Å². The van der Waals surface area contributed by atoms with Crippen LogP contribution >= 0.6 is 0 Å². The molecular formula is C27H50O2Si2. The lowest BCUT2D eigenvalue weighted by molar-refractivity contribution is -0.0643. The van der Waals surface area contributed by atoms with Crippen molar-refractivity contribution in [3.05, 3.63) is 11.6 Å². The van der Waals surface area contributed by atoms with E-state index in [9.17, 15) is 0 Å². The molecule has 3 saturated carbocycles. The maximum absolute atomic E-state index is 6.65. The third-order valence-corrected chi connectivity index (χ3v) is 11.9. The van der Waals surface area contributed by atoms with Crippen molar-refractivity contribution in [3.63, 3.8) is 0 Å². The number of hydrogen-bond acceptors (Lipinski definition) is 2. The van der Waals surface area contributed by atoms with Crippen LogP contribution in [0.3, 0.4) is 0 Å². The summed E-state index contributed by atoms with van der Waals surface area (Å²) in [5.74, 6) is 3.44. The van der Waals surface area contributed by atoms with Crippen LogP contribution in [0.1, 0.15) is 72.1 Å². The molecule has 0 radical (unpaired) electrons. The van der Waals surface area contributed by atoms with Gasteiger partial charge in [0.05, 0.1) is 0 Å². The van der Waals surface area contributed by atoms with Gasteiger partial charge in [-0.1, -0.05) is 25.5 Å². The zero-order valence-corrected chi connectivity index (χ0v) is 24.0. The van der Waals surface area contributed by atoms with Gasteiger partial charge in [0, 0.05) is 12.2 Å². The van der Waals surface area contributed by atoms with Crippen LogP contribution < -0.4 is 0 Å². The highest BCUT2D eigenvalue weighted by molar-refractivity contribution is 6.70. The topological polar surface area (TPSA) is 18.5 Å². The van der Waals surface area contributed by atoms with Gasteiger partial charge in [-0.15, -0.1) is 0 Å². The van der Waals surface area contributed by atoms with Gasteiger partial charge in [-0.2, -0.15) is 0 Å². The number of rotatable bonds is 5. The first kappa shape index (κ1) is 24.2. The molecule has 0 spiro atoms. The number of hydrogen-bond donors (Lipinski definition) is 0. The minimum atomic E-state index is -1.49. The van der Waals surface area contributed by atoms with Crippen LogP contribution in [0.25, 0.3) is 0 Å². The average Bonchev–Trinajstić information content (AvgIpc) is 2.97. The van der Waals surface area contributed by atoms with Crippen LogP contribution in [0.4, 0.5) is 0 Å². The first-order valence-electron chi connectivity index (χ1n) is 13.3. The van der Waals surface area contributed by atoms with Gasteiger partial charge in [-0.05, 0) is 132 Å². The van der Waals surface area contributed by atoms with Crippen LogP contribution in [0.5, 0.6) is 0 Å². The molecule has 4 aliphatic carbocycles. The number of fused-ring (bicyclic) bond motifs is 5. The van der Waals surface area contributed by atoms with Crippen molar-refractivity contribution in [2.45, 2.75) is 124 Å². The van der Waals surface area contributed by atoms with E-state index in [1.165, 1.54) is 51.4 Å². The van der Waals surface area contributed by atoms with E-state index in [0.29, 0.717) is 23.0 Å². The van der Waals surface area contributed by atoms with E-state index in [4.69, 9.17) is 8.85 Å². The Balaban J connectivity index is 1.52. The molecule has 0 saturated heterocycles. The second-order valence-corrected chi connectivity index (χ2v) is 22.9. The van der Waals surface area contributed by atoms with Gasteiger partial charge in [0.15, 0.2) is 16.6 Å². The van der Waals surface area contributed by atoms with Crippen molar-refractivity contribution in [2.24, 2.45) is 34.5 Å². The SMILES string of the molecule is CC(O[Si](C)(C)C)[C@H]1CC[C@H]2[C@@H]3CC=C4C[C@H](O[Si](C)(C)C)CC[C@]4(C)[C@H]3CC[C@]12C. The molecule has 0 aromatic carbocycles. The lowest BCUT2D eigenvalue weighted by atomic mass is 9.47. The van der Waals surface area contributed by atoms with Crippen molar-refractivity contribution in [1.29, 1.82) is 0 Å². The molecule has 4 rings (SSSR count). The van der Waals surface area contributed by atoms with Gasteiger partial charge >= 0.3 is 0 Å². The maximum Gasteiger partial charge on any atom is 0.184 e. The molecule has 31 heavy (non-hydrogen) atoms. The van der Waals surface area contributed by atoms with Crippen LogP contribution in [0.2, 0.25) is 39.3 Å². The summed E-state index contributed by atoms with van der Waals surface area (Å²) in [5.41, 5.74) is 2.68. The molecule has 0 heterocycles. The molecule has 2 nitrogen and oxygen atoms in total. The summed E-state index contributed by atoms with van der Waals surface area (Å²) in [6, 6.07) is 0. The fraction of sp³-hybridized carbons (Fsp3) is 0.926. The third kappa shape index (κ3) is 4.57. The Morgan fingerprint density at radius 1 is 0.903 bits per heavy atom. The summed E-state index contributed by atoms with van der Waals surface area (Å²) in [4.78, 5) is 0. The van der Waals surface area contributed by atoms with Crippen molar-refractivity contribution in [1.82, 2.24) is 0 Å². The summed E-state index contributed by atoms with van der Waals surface area (Å²) < 4.78 is 13.2. The van der Waals surface area contributed by atoms with Crippen molar-refractivity contribution in [2.75, 3.05) is 0 Å². The molecule has 0 amide bonds. The van der Waals surface area contributed by atoms with E-state index >= 15 is 0 Å². The van der Waals surface area contributed by atoms with E-state index in [0.717, 1.165) is 23.7 Å². The van der Waals surface area contributed by atoms with Crippen molar-refractivity contribution < 1.29 is 8.85 Å². The highest BCUT2D eigenvalue weighted by Crippen LogP contribution is 2.67. The minimum Gasteiger partial charge on any atom is -0.415 e. The molecule has 8 atom stereocenters. The monoisotopic (exact) mass is 462 g/mol. The van der Waals surface area contributed by atoms with E-state index in [1.807, 2.05) is 0 Å². The van der Waals surface area contributed by atoms with E-state index in [1.54, 1.807) is 5.57 Å². The molecule has 0 N–H and O–H groups in total. The molecular weight excluding hydrogens is 412 g/mol. The highest BCUT2D eigenvalue weighted by Gasteiger charge is 2.59. The normalized spacial score (nSPS) is 44.2. The minimum absolute atomic E-state index is 0.428. The molecule has 178 valence electrons. The average molecular weight is 463 g/mol. The fourth-order valence-electron chi connectivity index (χ4n) is 8.68. The maximum atomic E-state index is 6.65.